The highest BCUT2D eigenvalue weighted by Gasteiger charge is 2.49. The van der Waals surface area contributed by atoms with E-state index in [1.807, 2.05) is 24.4 Å². The van der Waals surface area contributed by atoms with Gasteiger partial charge in [0.2, 0.25) is 0 Å². The van der Waals surface area contributed by atoms with Gasteiger partial charge in [0, 0.05) is 54.7 Å². The van der Waals surface area contributed by atoms with Crippen molar-refractivity contribution in [3.63, 3.8) is 0 Å². The van der Waals surface area contributed by atoms with Gasteiger partial charge in [-0.2, -0.15) is 0 Å². The van der Waals surface area contributed by atoms with Gasteiger partial charge in [-0.3, -0.25) is 4.98 Å². The van der Waals surface area contributed by atoms with Gasteiger partial charge in [0.15, 0.2) is 0 Å². The summed E-state index contributed by atoms with van der Waals surface area (Å²) in [5.74, 6) is 0.766. The standard InChI is InChI=1S/C45H58FN3O3S/c1-4-42(2)33-43(23-28-51-42,36-14-16-37(46)17-15-36)21-26-47-31-35-11-5-6-12-38(35)49(32-40-39(50-3)18-30-53-40)27-22-44(41-13-7-10-25-48-41)24-29-52-45(34-44)19-8-9-20-45/h5-7,10-18,25,30,47H,4,8-9,19-24,26-29,31-34H2,1-3H3/t42?,43?,44-/m1/s1. The first kappa shape index (κ1) is 38.0. The molecule has 4 heterocycles. The minimum absolute atomic E-state index is 0.0241. The van der Waals surface area contributed by atoms with Crippen LogP contribution < -0.4 is 15.0 Å². The van der Waals surface area contributed by atoms with Crippen molar-refractivity contribution in [2.75, 3.05) is 38.3 Å². The van der Waals surface area contributed by atoms with Crippen molar-refractivity contribution >= 4 is 17.0 Å². The maximum atomic E-state index is 14.0. The number of benzene rings is 2. The number of thiophene rings is 1. The van der Waals surface area contributed by atoms with Crippen LogP contribution in [0.2, 0.25) is 0 Å². The lowest BCUT2D eigenvalue weighted by atomic mass is 9.66. The molecule has 7 rings (SSSR count). The first-order chi connectivity index (χ1) is 25.8. The van der Waals surface area contributed by atoms with Crippen molar-refractivity contribution in [1.82, 2.24) is 10.3 Å². The highest BCUT2D eigenvalue weighted by molar-refractivity contribution is 7.10. The molecule has 284 valence electrons. The summed E-state index contributed by atoms with van der Waals surface area (Å²) in [4.78, 5) is 8.83. The van der Waals surface area contributed by atoms with E-state index in [1.54, 1.807) is 30.6 Å². The van der Waals surface area contributed by atoms with Gasteiger partial charge in [-0.25, -0.2) is 4.39 Å². The minimum Gasteiger partial charge on any atom is -0.496 e. The molecule has 2 aromatic carbocycles. The highest BCUT2D eigenvalue weighted by atomic mass is 32.1. The van der Waals surface area contributed by atoms with Crippen LogP contribution in [0.5, 0.6) is 5.75 Å². The third-order valence-corrected chi connectivity index (χ3v) is 13.8. The summed E-state index contributed by atoms with van der Waals surface area (Å²) in [6.45, 7) is 9.25. The zero-order chi connectivity index (χ0) is 36.8. The number of ether oxygens (including phenoxy) is 3. The first-order valence-electron chi connectivity index (χ1n) is 19.9. The van der Waals surface area contributed by atoms with E-state index in [-0.39, 0.29) is 27.8 Å². The zero-order valence-electron chi connectivity index (χ0n) is 32.0. The molecule has 3 aliphatic rings. The molecule has 2 aliphatic heterocycles. The number of rotatable bonds is 15. The maximum Gasteiger partial charge on any atom is 0.134 e. The lowest BCUT2D eigenvalue weighted by Gasteiger charge is -2.47. The Bertz CT molecular complexity index is 1760. The second kappa shape index (κ2) is 16.6. The number of nitrogens with zero attached hydrogens (tertiary/aromatic N) is 2. The van der Waals surface area contributed by atoms with E-state index in [4.69, 9.17) is 19.2 Å². The molecule has 2 saturated heterocycles. The molecule has 2 aromatic heterocycles. The van der Waals surface area contributed by atoms with Crippen LogP contribution in [0.3, 0.4) is 0 Å². The predicted octanol–water partition coefficient (Wildman–Crippen LogP) is 10.1. The van der Waals surface area contributed by atoms with Gasteiger partial charge in [-0.15, -0.1) is 11.3 Å². The van der Waals surface area contributed by atoms with Gasteiger partial charge < -0.3 is 24.4 Å². The van der Waals surface area contributed by atoms with Crippen molar-refractivity contribution in [2.45, 2.75) is 120 Å². The molecule has 1 spiro atoms. The number of halogens is 1. The fourth-order valence-corrected chi connectivity index (χ4v) is 10.6. The van der Waals surface area contributed by atoms with E-state index in [1.165, 1.54) is 40.2 Å². The molecular formula is C45H58FN3O3S. The average molecular weight is 740 g/mol. The van der Waals surface area contributed by atoms with Crippen molar-refractivity contribution in [3.05, 3.63) is 112 Å². The van der Waals surface area contributed by atoms with E-state index in [2.05, 4.69) is 71.9 Å². The molecule has 1 N–H and O–H groups in total. The van der Waals surface area contributed by atoms with E-state index in [0.717, 1.165) is 103 Å². The number of hydrogen-bond donors (Lipinski definition) is 1. The molecule has 0 bridgehead atoms. The normalized spacial score (nSPS) is 25.4. The predicted molar refractivity (Wildman–Crippen MR) is 214 cm³/mol. The van der Waals surface area contributed by atoms with Gasteiger partial charge in [-0.05, 0) is 124 Å². The fourth-order valence-electron chi connectivity index (χ4n) is 9.73. The summed E-state index contributed by atoms with van der Waals surface area (Å²) in [6.07, 6.45) is 13.6. The van der Waals surface area contributed by atoms with Crippen LogP contribution in [0.15, 0.2) is 84.4 Å². The van der Waals surface area contributed by atoms with Crippen LogP contribution in [0, 0.1) is 5.82 Å². The number of methoxy groups -OCH3 is 1. The van der Waals surface area contributed by atoms with Gasteiger partial charge >= 0.3 is 0 Å². The van der Waals surface area contributed by atoms with Crippen molar-refractivity contribution in [2.24, 2.45) is 0 Å². The molecule has 1 aliphatic carbocycles. The molecule has 53 heavy (non-hydrogen) atoms. The summed E-state index contributed by atoms with van der Waals surface area (Å²) in [5, 5.41) is 5.99. The highest BCUT2D eigenvalue weighted by Crippen LogP contribution is 2.50. The van der Waals surface area contributed by atoms with Gasteiger partial charge in [0.1, 0.15) is 11.6 Å². The third-order valence-electron chi connectivity index (χ3n) is 12.9. The fraction of sp³-hybridized carbons (Fsp3) is 0.533. The van der Waals surface area contributed by atoms with Gasteiger partial charge in [0.25, 0.3) is 0 Å². The molecule has 6 nitrogen and oxygen atoms in total. The summed E-state index contributed by atoms with van der Waals surface area (Å²) in [5.41, 5.74) is 4.66. The Labute approximate surface area is 320 Å². The number of hydrogen-bond acceptors (Lipinski definition) is 7. The largest absolute Gasteiger partial charge is 0.496 e. The van der Waals surface area contributed by atoms with Crippen LogP contribution in [0.1, 0.15) is 106 Å². The Morgan fingerprint density at radius 1 is 0.887 bits per heavy atom. The van der Waals surface area contributed by atoms with Crippen molar-refractivity contribution in [3.8, 4) is 5.75 Å². The average Bonchev–Trinajstić information content (AvgIpc) is 3.85. The third kappa shape index (κ3) is 8.51. The van der Waals surface area contributed by atoms with E-state index >= 15 is 0 Å². The number of para-hydroxylation sites is 1. The lowest BCUT2D eigenvalue weighted by Crippen LogP contribution is -2.47. The number of anilines is 1. The summed E-state index contributed by atoms with van der Waals surface area (Å²) in [7, 11) is 1.77. The van der Waals surface area contributed by atoms with Gasteiger partial charge in [-0.1, -0.05) is 56.2 Å². The molecular weight excluding hydrogens is 682 g/mol. The van der Waals surface area contributed by atoms with E-state index in [0.29, 0.717) is 0 Å². The molecule has 2 unspecified atom stereocenters. The first-order valence-corrected chi connectivity index (χ1v) is 20.8. The summed E-state index contributed by atoms with van der Waals surface area (Å²) in [6, 6.07) is 24.6. The molecule has 3 atom stereocenters. The Kier molecular flexibility index (Phi) is 11.9. The monoisotopic (exact) mass is 739 g/mol. The summed E-state index contributed by atoms with van der Waals surface area (Å²) >= 11 is 1.76. The van der Waals surface area contributed by atoms with E-state index in [9.17, 15) is 4.39 Å². The number of pyridine rings is 1. The number of aromatic nitrogens is 1. The Balaban J connectivity index is 1.12. The van der Waals surface area contributed by atoms with Crippen molar-refractivity contribution in [1.29, 1.82) is 0 Å². The van der Waals surface area contributed by atoms with Crippen molar-refractivity contribution < 1.29 is 18.6 Å². The van der Waals surface area contributed by atoms with Crippen LogP contribution in [-0.4, -0.2) is 49.6 Å². The lowest BCUT2D eigenvalue weighted by molar-refractivity contribution is -0.104. The molecule has 0 amide bonds. The molecule has 0 radical (unpaired) electrons. The molecule has 8 heteroatoms. The smallest absolute Gasteiger partial charge is 0.134 e. The minimum atomic E-state index is -0.186. The second-order valence-electron chi connectivity index (χ2n) is 16.2. The molecule has 4 aromatic rings. The number of nitrogens with one attached hydrogen (secondary N) is 1. The Hall–Kier alpha value is -3.30. The van der Waals surface area contributed by atoms with Gasteiger partial charge in [0.05, 0.1) is 29.7 Å². The Morgan fingerprint density at radius 3 is 2.43 bits per heavy atom. The van der Waals surface area contributed by atoms with Crippen LogP contribution in [0.25, 0.3) is 0 Å². The molecule has 3 fully saturated rings. The zero-order valence-corrected chi connectivity index (χ0v) is 32.8. The second-order valence-corrected chi connectivity index (χ2v) is 17.2. The van der Waals surface area contributed by atoms with Crippen LogP contribution in [-0.2, 0) is 33.4 Å². The van der Waals surface area contributed by atoms with Crippen LogP contribution in [0.4, 0.5) is 10.1 Å². The van der Waals surface area contributed by atoms with E-state index < -0.39 is 0 Å². The van der Waals surface area contributed by atoms with Crippen LogP contribution >= 0.6 is 11.3 Å². The Morgan fingerprint density at radius 2 is 1.66 bits per heavy atom. The summed E-state index contributed by atoms with van der Waals surface area (Å²) < 4.78 is 32.8. The molecule has 1 saturated carbocycles. The quantitative estimate of drug-likeness (QED) is 0.123. The SMILES string of the molecule is CCC1(C)CC(CCNCc2ccccc2N(CC[C@@]2(c3ccccn3)CCOC3(CCCC3)C2)Cc2sccc2OC)(c2ccc(F)cc2)CCO1. The maximum absolute atomic E-state index is 14.0. The topological polar surface area (TPSA) is 55.9 Å².